The molecule has 0 aliphatic carbocycles. The number of nitrogens with one attached hydrogen (secondary N) is 2. The van der Waals surface area contributed by atoms with E-state index in [2.05, 4.69) is 29.5 Å². The van der Waals surface area contributed by atoms with Gasteiger partial charge in [-0.3, -0.25) is 4.79 Å². The Morgan fingerprint density at radius 3 is 2.85 bits per heavy atom. The van der Waals surface area contributed by atoms with Crippen molar-refractivity contribution in [1.29, 1.82) is 0 Å². The Morgan fingerprint density at radius 2 is 2.20 bits per heavy atom. The molecule has 0 radical (unpaired) electrons. The number of anilines is 1. The number of pyridine rings is 1. The van der Waals surface area contributed by atoms with E-state index in [1.807, 2.05) is 0 Å². The summed E-state index contributed by atoms with van der Waals surface area (Å²) < 4.78 is 5.13. The van der Waals surface area contributed by atoms with Gasteiger partial charge in [-0.15, -0.1) is 0 Å². The zero-order chi connectivity index (χ0) is 14.8. The molecule has 1 aromatic heterocycles. The molecule has 0 aliphatic rings. The van der Waals surface area contributed by atoms with Crippen molar-refractivity contribution in [3.8, 4) is 0 Å². The van der Waals surface area contributed by atoms with Crippen molar-refractivity contribution in [2.45, 2.75) is 39.2 Å². The highest BCUT2D eigenvalue weighted by atomic mass is 16.5. The van der Waals surface area contributed by atoms with Gasteiger partial charge in [-0.1, -0.05) is 20.3 Å². The predicted molar refractivity (Wildman–Crippen MR) is 81.1 cm³/mol. The SMILES string of the molecule is CCCNc1cc(C(=O)NC(CCC)COC)ccn1. The van der Waals surface area contributed by atoms with Gasteiger partial charge in [0.25, 0.3) is 5.91 Å². The van der Waals surface area contributed by atoms with Gasteiger partial charge in [0.2, 0.25) is 0 Å². The van der Waals surface area contributed by atoms with Gasteiger partial charge in [-0.2, -0.15) is 0 Å². The van der Waals surface area contributed by atoms with Crippen molar-refractivity contribution in [2.75, 3.05) is 25.6 Å². The summed E-state index contributed by atoms with van der Waals surface area (Å²) in [6.07, 6.45) is 4.59. The highest BCUT2D eigenvalue weighted by Gasteiger charge is 2.13. The zero-order valence-electron chi connectivity index (χ0n) is 12.6. The van der Waals surface area contributed by atoms with Crippen LogP contribution in [0.1, 0.15) is 43.5 Å². The third-order valence-corrected chi connectivity index (χ3v) is 2.92. The van der Waals surface area contributed by atoms with Crippen molar-refractivity contribution >= 4 is 11.7 Å². The molecule has 0 saturated carbocycles. The third-order valence-electron chi connectivity index (χ3n) is 2.92. The maximum absolute atomic E-state index is 12.2. The van der Waals surface area contributed by atoms with E-state index in [-0.39, 0.29) is 11.9 Å². The monoisotopic (exact) mass is 279 g/mol. The summed E-state index contributed by atoms with van der Waals surface area (Å²) in [7, 11) is 1.65. The van der Waals surface area contributed by atoms with Crippen LogP contribution in [0, 0.1) is 0 Å². The zero-order valence-corrected chi connectivity index (χ0v) is 12.6. The Morgan fingerprint density at radius 1 is 1.40 bits per heavy atom. The van der Waals surface area contributed by atoms with Gasteiger partial charge < -0.3 is 15.4 Å². The highest BCUT2D eigenvalue weighted by molar-refractivity contribution is 5.95. The van der Waals surface area contributed by atoms with Crippen LogP contribution in [-0.4, -0.2) is 37.2 Å². The number of carbonyl (C=O) groups excluding carboxylic acids is 1. The largest absolute Gasteiger partial charge is 0.383 e. The summed E-state index contributed by atoms with van der Waals surface area (Å²) >= 11 is 0. The number of nitrogens with zero attached hydrogens (tertiary/aromatic N) is 1. The highest BCUT2D eigenvalue weighted by Crippen LogP contribution is 2.08. The minimum Gasteiger partial charge on any atom is -0.383 e. The van der Waals surface area contributed by atoms with E-state index in [4.69, 9.17) is 4.74 Å². The quantitative estimate of drug-likeness (QED) is 0.729. The van der Waals surface area contributed by atoms with Crippen LogP contribution in [0.5, 0.6) is 0 Å². The fraction of sp³-hybridized carbons (Fsp3) is 0.600. The molecule has 1 unspecified atom stereocenters. The molecular weight excluding hydrogens is 254 g/mol. The topological polar surface area (TPSA) is 63.2 Å². The molecule has 5 nitrogen and oxygen atoms in total. The van der Waals surface area contributed by atoms with Crippen LogP contribution in [0.25, 0.3) is 0 Å². The molecule has 0 aliphatic heterocycles. The average molecular weight is 279 g/mol. The number of rotatable bonds is 9. The summed E-state index contributed by atoms with van der Waals surface area (Å²) in [4.78, 5) is 16.4. The third kappa shape index (κ3) is 5.57. The second kappa shape index (κ2) is 9.31. The molecule has 1 aromatic rings. The lowest BCUT2D eigenvalue weighted by atomic mass is 10.1. The summed E-state index contributed by atoms with van der Waals surface area (Å²) in [6, 6.07) is 3.56. The van der Waals surface area contributed by atoms with Gasteiger partial charge in [0, 0.05) is 25.4 Å². The fourth-order valence-corrected chi connectivity index (χ4v) is 1.94. The van der Waals surface area contributed by atoms with E-state index in [0.717, 1.165) is 31.6 Å². The van der Waals surface area contributed by atoms with Gasteiger partial charge in [0.1, 0.15) is 5.82 Å². The first kappa shape index (κ1) is 16.4. The molecule has 5 heteroatoms. The van der Waals surface area contributed by atoms with E-state index in [1.165, 1.54) is 0 Å². The van der Waals surface area contributed by atoms with Gasteiger partial charge in [0.05, 0.1) is 12.6 Å². The lowest BCUT2D eigenvalue weighted by Gasteiger charge is -2.17. The standard InChI is InChI=1S/C15H25N3O2/c1-4-6-13(11-20-3)18-15(19)12-7-9-17-14(10-12)16-8-5-2/h7,9-10,13H,4-6,8,11H2,1-3H3,(H,16,17)(H,18,19). The van der Waals surface area contributed by atoms with E-state index in [0.29, 0.717) is 12.2 Å². The Kier molecular flexibility index (Phi) is 7.65. The van der Waals surface area contributed by atoms with Crippen LogP contribution in [0.2, 0.25) is 0 Å². The summed E-state index contributed by atoms with van der Waals surface area (Å²) in [5.41, 5.74) is 0.621. The van der Waals surface area contributed by atoms with Crippen LogP contribution >= 0.6 is 0 Å². The maximum atomic E-state index is 12.2. The average Bonchev–Trinajstić information content (AvgIpc) is 2.46. The second-order valence-electron chi connectivity index (χ2n) is 4.77. The first-order valence-corrected chi connectivity index (χ1v) is 7.21. The molecule has 0 aromatic carbocycles. The van der Waals surface area contributed by atoms with Crippen LogP contribution in [-0.2, 0) is 4.74 Å². The smallest absolute Gasteiger partial charge is 0.251 e. The number of aromatic nitrogens is 1. The Hall–Kier alpha value is -1.62. The van der Waals surface area contributed by atoms with Gasteiger partial charge in [-0.05, 0) is 25.0 Å². The number of amides is 1. The van der Waals surface area contributed by atoms with Gasteiger partial charge >= 0.3 is 0 Å². The van der Waals surface area contributed by atoms with Crippen molar-refractivity contribution in [1.82, 2.24) is 10.3 Å². The Labute approximate surface area is 121 Å². The summed E-state index contributed by atoms with van der Waals surface area (Å²) in [6.45, 7) is 5.56. The Bertz CT molecular complexity index is 404. The molecular formula is C15H25N3O2. The minimum atomic E-state index is -0.0811. The molecule has 0 fully saturated rings. The maximum Gasteiger partial charge on any atom is 0.251 e. The number of methoxy groups -OCH3 is 1. The Balaban J connectivity index is 2.65. The van der Waals surface area contributed by atoms with Gasteiger partial charge in [-0.25, -0.2) is 4.98 Å². The molecule has 0 saturated heterocycles. The number of ether oxygens (including phenoxy) is 1. The first-order chi connectivity index (χ1) is 9.71. The van der Waals surface area contributed by atoms with Crippen molar-refractivity contribution in [2.24, 2.45) is 0 Å². The molecule has 20 heavy (non-hydrogen) atoms. The minimum absolute atomic E-state index is 0.0534. The molecule has 112 valence electrons. The number of hydrogen-bond donors (Lipinski definition) is 2. The lowest BCUT2D eigenvalue weighted by Crippen LogP contribution is -2.37. The molecule has 0 bridgehead atoms. The molecule has 0 spiro atoms. The molecule has 1 rings (SSSR count). The second-order valence-corrected chi connectivity index (χ2v) is 4.77. The molecule has 1 heterocycles. The van der Waals surface area contributed by atoms with Crippen LogP contribution in [0.4, 0.5) is 5.82 Å². The van der Waals surface area contributed by atoms with E-state index >= 15 is 0 Å². The van der Waals surface area contributed by atoms with Crippen molar-refractivity contribution in [3.63, 3.8) is 0 Å². The van der Waals surface area contributed by atoms with Crippen LogP contribution in [0.3, 0.4) is 0 Å². The van der Waals surface area contributed by atoms with Crippen molar-refractivity contribution < 1.29 is 9.53 Å². The molecule has 1 atom stereocenters. The normalized spacial score (nSPS) is 11.9. The van der Waals surface area contributed by atoms with Crippen LogP contribution in [0.15, 0.2) is 18.3 Å². The molecule has 2 N–H and O–H groups in total. The number of hydrogen-bond acceptors (Lipinski definition) is 4. The predicted octanol–water partition coefficient (Wildman–Crippen LogP) is 2.45. The van der Waals surface area contributed by atoms with Gasteiger partial charge in [0.15, 0.2) is 0 Å². The van der Waals surface area contributed by atoms with Crippen molar-refractivity contribution in [3.05, 3.63) is 23.9 Å². The summed E-state index contributed by atoms with van der Waals surface area (Å²) in [5, 5.41) is 6.18. The summed E-state index contributed by atoms with van der Waals surface area (Å²) in [5.74, 6) is 0.653. The van der Waals surface area contributed by atoms with E-state index in [9.17, 15) is 4.79 Å². The first-order valence-electron chi connectivity index (χ1n) is 7.21. The van der Waals surface area contributed by atoms with E-state index in [1.54, 1.807) is 25.4 Å². The fourth-order valence-electron chi connectivity index (χ4n) is 1.94. The number of carbonyl (C=O) groups is 1. The van der Waals surface area contributed by atoms with Crippen LogP contribution < -0.4 is 10.6 Å². The van der Waals surface area contributed by atoms with E-state index < -0.39 is 0 Å². The lowest BCUT2D eigenvalue weighted by molar-refractivity contribution is 0.0891. The molecule has 1 amide bonds.